The Labute approximate surface area is 517 Å². The minimum Gasteiger partial charge on any atom is -0.309 e. The largest absolute Gasteiger partial charge is 0.309 e. The van der Waals surface area contributed by atoms with E-state index in [2.05, 4.69) is 112 Å². The smallest absolute Gasteiger partial charge is 0.126 e. The lowest BCUT2D eigenvalue weighted by atomic mass is 9.98. The van der Waals surface area contributed by atoms with E-state index in [9.17, 15) is 5.26 Å². The molecule has 0 unspecified atom stereocenters. The highest BCUT2D eigenvalue weighted by Gasteiger charge is 2.25. The average Bonchev–Trinajstić information content (AvgIpc) is 1.57. The van der Waals surface area contributed by atoms with E-state index in [0.717, 1.165) is 139 Å². The Balaban J connectivity index is 0.940. The molecular formula is C81H49F2N7. The van der Waals surface area contributed by atoms with E-state index in [4.69, 9.17) is 19.9 Å². The molecule has 0 aliphatic rings. The zero-order valence-corrected chi connectivity index (χ0v) is 48.2. The van der Waals surface area contributed by atoms with E-state index in [1.165, 1.54) is 12.1 Å². The first kappa shape index (κ1) is 53.2. The zero-order chi connectivity index (χ0) is 60.2. The van der Waals surface area contributed by atoms with E-state index in [-0.39, 0.29) is 5.56 Å². The number of hydrogen-bond donors (Lipinski definition) is 0. The number of benzene rings is 10. The Kier molecular flexibility index (Phi) is 13.2. The van der Waals surface area contributed by atoms with E-state index < -0.39 is 11.6 Å². The molecule has 0 radical (unpaired) electrons. The fourth-order valence-corrected chi connectivity index (χ4v) is 12.6. The SMILES string of the molecule is N#Cc1cc(-n2c3cc(-c4ccc(-c5ccccc5)nc4)ccc3c3ccc(-c4ccc(-c5ccccc5)nc4)cc32)c(-c2cc(F)cc(F)c2)cc1-n1c2cc(-c3ccc(-c4ccccc4)nc3)ccc2c2ccc(-c3ccc(-c4ccccc4)nc3)cc21. The van der Waals surface area contributed by atoms with Gasteiger partial charge in [-0.25, -0.2) is 8.78 Å². The van der Waals surface area contributed by atoms with Gasteiger partial charge in [-0.2, -0.15) is 5.26 Å². The molecule has 16 rings (SSSR count). The van der Waals surface area contributed by atoms with Crippen LogP contribution in [-0.4, -0.2) is 29.1 Å². The van der Waals surface area contributed by atoms with Crippen LogP contribution in [0, 0.1) is 23.0 Å². The van der Waals surface area contributed by atoms with Gasteiger partial charge in [0.25, 0.3) is 0 Å². The molecule has 6 aromatic heterocycles. The Morgan fingerprint density at radius 3 is 0.856 bits per heavy atom. The van der Waals surface area contributed by atoms with Gasteiger partial charge in [0, 0.05) is 102 Å². The van der Waals surface area contributed by atoms with Crippen molar-refractivity contribution < 1.29 is 8.78 Å². The number of aromatic nitrogens is 6. The molecule has 0 spiro atoms. The number of halogens is 2. The van der Waals surface area contributed by atoms with Gasteiger partial charge in [0.15, 0.2) is 0 Å². The topological polar surface area (TPSA) is 85.2 Å². The maximum Gasteiger partial charge on any atom is 0.126 e. The van der Waals surface area contributed by atoms with Gasteiger partial charge in [-0.3, -0.25) is 19.9 Å². The summed E-state index contributed by atoms with van der Waals surface area (Å²) in [5.41, 5.74) is 20.1. The van der Waals surface area contributed by atoms with Crippen LogP contribution in [0.3, 0.4) is 0 Å². The predicted molar refractivity (Wildman–Crippen MR) is 360 cm³/mol. The van der Waals surface area contributed by atoms with Crippen molar-refractivity contribution >= 4 is 43.6 Å². The van der Waals surface area contributed by atoms with Crippen molar-refractivity contribution in [1.82, 2.24) is 29.1 Å². The van der Waals surface area contributed by atoms with Crippen LogP contribution in [0.5, 0.6) is 0 Å². The van der Waals surface area contributed by atoms with E-state index in [1.54, 1.807) is 0 Å². The molecule has 90 heavy (non-hydrogen) atoms. The third-order valence-corrected chi connectivity index (χ3v) is 17.1. The molecule has 6 heterocycles. The molecule has 422 valence electrons. The second-order valence-corrected chi connectivity index (χ2v) is 22.4. The molecule has 0 aliphatic heterocycles. The molecule has 9 heteroatoms. The highest BCUT2D eigenvalue weighted by atomic mass is 19.1. The Morgan fingerprint density at radius 2 is 0.567 bits per heavy atom. The maximum atomic E-state index is 16.1. The molecule has 0 saturated heterocycles. The molecule has 0 atom stereocenters. The molecule has 0 N–H and O–H groups in total. The Bertz CT molecular complexity index is 5150. The van der Waals surface area contributed by atoms with Crippen molar-refractivity contribution in [2.45, 2.75) is 0 Å². The molecule has 16 aromatic rings. The number of nitrogens with zero attached hydrogens (tertiary/aromatic N) is 7. The standard InChI is InChI=1S/C81H49F2N7/c82-65-37-63(38-66(83)44-65)71-45-76(89-77-39-55(59-25-33-72(85-47-59)51-13-5-1-6-14-51)21-29-67(77)68-30-22-56(40-78(68)89)60-26-34-73(86-48-60)52-15-7-2-8-16-52)64(46-84)43-81(71)90-79-41-57(61-27-35-74(87-49-61)53-17-9-3-10-18-53)23-31-69(79)70-32-24-58(42-80(70)90)62-28-36-75(88-50-62)54-19-11-4-12-20-54/h1-45,47-50H. The van der Waals surface area contributed by atoms with Crippen molar-refractivity contribution in [3.63, 3.8) is 0 Å². The fraction of sp³-hybridized carbons (Fsp3) is 0. The van der Waals surface area contributed by atoms with Crippen molar-refractivity contribution in [3.8, 4) is 118 Å². The van der Waals surface area contributed by atoms with Crippen LogP contribution in [0.15, 0.2) is 298 Å². The van der Waals surface area contributed by atoms with Crippen LogP contribution in [0.25, 0.3) is 156 Å². The fourth-order valence-electron chi connectivity index (χ4n) is 12.6. The van der Waals surface area contributed by atoms with Crippen molar-refractivity contribution in [3.05, 3.63) is 315 Å². The first-order valence-corrected chi connectivity index (χ1v) is 29.6. The number of pyridine rings is 4. The van der Waals surface area contributed by atoms with E-state index >= 15 is 8.78 Å². The monoisotopic (exact) mass is 1160 g/mol. The summed E-state index contributed by atoms with van der Waals surface area (Å²) >= 11 is 0. The van der Waals surface area contributed by atoms with Gasteiger partial charge in [-0.15, -0.1) is 0 Å². The third kappa shape index (κ3) is 9.62. The quantitative estimate of drug-likeness (QED) is 0.129. The van der Waals surface area contributed by atoms with Crippen LogP contribution in [0.1, 0.15) is 5.56 Å². The maximum absolute atomic E-state index is 16.1. The summed E-state index contributed by atoms with van der Waals surface area (Å²) in [6.07, 6.45) is 7.56. The van der Waals surface area contributed by atoms with Gasteiger partial charge < -0.3 is 9.13 Å². The van der Waals surface area contributed by atoms with E-state index in [1.807, 2.05) is 183 Å². The van der Waals surface area contributed by atoms with Crippen LogP contribution in [0.4, 0.5) is 8.78 Å². The molecule has 0 saturated carbocycles. The van der Waals surface area contributed by atoms with Crippen LogP contribution in [0.2, 0.25) is 0 Å². The molecular weight excluding hydrogens is 1110 g/mol. The minimum atomic E-state index is -0.739. The van der Waals surface area contributed by atoms with Gasteiger partial charge in [0.05, 0.1) is 61.8 Å². The molecule has 7 nitrogen and oxygen atoms in total. The predicted octanol–water partition coefficient (Wildman–Crippen LogP) is 20.6. The van der Waals surface area contributed by atoms with Gasteiger partial charge >= 0.3 is 0 Å². The Morgan fingerprint density at radius 1 is 0.267 bits per heavy atom. The summed E-state index contributed by atoms with van der Waals surface area (Å²) in [7, 11) is 0. The molecule has 0 fully saturated rings. The molecule has 0 aliphatic carbocycles. The van der Waals surface area contributed by atoms with Gasteiger partial charge in [-0.05, 0) is 101 Å². The number of fused-ring (bicyclic) bond motifs is 6. The van der Waals surface area contributed by atoms with Crippen LogP contribution >= 0.6 is 0 Å². The lowest BCUT2D eigenvalue weighted by Gasteiger charge is -2.19. The Hall–Kier alpha value is -12.3. The summed E-state index contributed by atoms with van der Waals surface area (Å²) in [6, 6.07) is 92.2. The summed E-state index contributed by atoms with van der Waals surface area (Å²) in [6.45, 7) is 0. The minimum absolute atomic E-state index is 0.285. The highest BCUT2D eigenvalue weighted by molar-refractivity contribution is 6.13. The number of nitriles is 1. The summed E-state index contributed by atoms with van der Waals surface area (Å²) < 4.78 is 36.5. The number of hydrogen-bond acceptors (Lipinski definition) is 5. The van der Waals surface area contributed by atoms with Crippen molar-refractivity contribution in [1.29, 1.82) is 5.26 Å². The highest BCUT2D eigenvalue weighted by Crippen LogP contribution is 2.44. The molecule has 0 amide bonds. The first-order chi connectivity index (χ1) is 44.3. The molecule has 0 bridgehead atoms. The normalized spacial score (nSPS) is 11.4. The molecule has 10 aromatic carbocycles. The zero-order valence-electron chi connectivity index (χ0n) is 48.2. The lowest BCUT2D eigenvalue weighted by Crippen LogP contribution is -2.04. The third-order valence-electron chi connectivity index (χ3n) is 17.1. The van der Waals surface area contributed by atoms with Gasteiger partial charge in [0.1, 0.15) is 17.7 Å². The van der Waals surface area contributed by atoms with Gasteiger partial charge in [0.2, 0.25) is 0 Å². The summed E-state index contributed by atoms with van der Waals surface area (Å²) in [4.78, 5) is 19.7. The van der Waals surface area contributed by atoms with Crippen molar-refractivity contribution in [2.24, 2.45) is 0 Å². The first-order valence-electron chi connectivity index (χ1n) is 29.6. The second-order valence-electron chi connectivity index (χ2n) is 22.4. The van der Waals surface area contributed by atoms with Gasteiger partial charge in [-0.1, -0.05) is 194 Å². The average molecular weight is 1160 g/mol. The van der Waals surface area contributed by atoms with Crippen molar-refractivity contribution in [2.75, 3.05) is 0 Å². The van der Waals surface area contributed by atoms with E-state index in [0.29, 0.717) is 22.5 Å². The van der Waals surface area contributed by atoms with Crippen LogP contribution in [-0.2, 0) is 0 Å². The van der Waals surface area contributed by atoms with Crippen LogP contribution < -0.4 is 0 Å². The lowest BCUT2D eigenvalue weighted by molar-refractivity contribution is 0.584. The number of rotatable bonds is 11. The summed E-state index contributed by atoms with van der Waals surface area (Å²) in [5, 5.41) is 15.6. The summed E-state index contributed by atoms with van der Waals surface area (Å²) in [5.74, 6) is -1.48. The second kappa shape index (κ2) is 22.2.